The van der Waals surface area contributed by atoms with Crippen molar-refractivity contribution in [2.45, 2.75) is 4.90 Å². The maximum atomic E-state index is 12.5. The summed E-state index contributed by atoms with van der Waals surface area (Å²) in [6.07, 6.45) is 0. The van der Waals surface area contributed by atoms with Gasteiger partial charge >= 0.3 is 5.97 Å². The maximum absolute atomic E-state index is 12.5. The predicted octanol–water partition coefficient (Wildman–Crippen LogP) is -0.137. The second-order valence-electron chi connectivity index (χ2n) is 5.09. The Labute approximate surface area is 163 Å². The minimum Gasteiger partial charge on any atom is -0.495 e. The molecule has 7 N–H and O–H groups in total. The number of anilines is 2. The Hall–Kier alpha value is -3.39. The molecule has 0 aliphatic heterocycles. The number of thiazole rings is 1. The number of ether oxygens (including phenoxy) is 1. The van der Waals surface area contributed by atoms with Gasteiger partial charge in [-0.1, -0.05) is 0 Å². The fourth-order valence-corrected chi connectivity index (χ4v) is 3.95. The van der Waals surface area contributed by atoms with Gasteiger partial charge in [0.25, 0.3) is 10.0 Å². The van der Waals surface area contributed by atoms with Crippen molar-refractivity contribution in [2.75, 3.05) is 23.7 Å². The zero-order valence-electron chi connectivity index (χ0n) is 14.4. The second kappa shape index (κ2) is 8.53. The normalized spacial score (nSPS) is 10.8. The van der Waals surface area contributed by atoms with Gasteiger partial charge in [-0.3, -0.25) is 9.52 Å². The van der Waals surface area contributed by atoms with Crippen molar-refractivity contribution in [2.24, 2.45) is 16.5 Å². The zero-order valence-corrected chi connectivity index (χ0v) is 16.0. The van der Waals surface area contributed by atoms with Crippen LogP contribution in [0, 0.1) is 0 Å². The number of aliphatic imine (C=N–C) groups is 1. The fraction of sp³-hybridized carbons (Fsp3) is 0.143. The Kier molecular flexibility index (Phi) is 6.37. The van der Waals surface area contributed by atoms with E-state index in [1.807, 2.05) is 0 Å². The molecule has 28 heavy (non-hydrogen) atoms. The topological polar surface area (TPSA) is 199 Å². The monoisotopic (exact) mass is 428 g/mol. The highest BCUT2D eigenvalue weighted by atomic mass is 32.2. The molecule has 0 saturated carbocycles. The number of rotatable bonds is 8. The molecular weight excluding hydrogens is 412 g/mol. The summed E-state index contributed by atoms with van der Waals surface area (Å²) >= 11 is 0.825. The highest BCUT2D eigenvalue weighted by molar-refractivity contribution is 7.93. The van der Waals surface area contributed by atoms with Crippen LogP contribution in [0.3, 0.4) is 0 Å². The van der Waals surface area contributed by atoms with Crippen molar-refractivity contribution in [3.05, 3.63) is 29.4 Å². The molecule has 0 atom stereocenters. The molecule has 2 rings (SSSR count). The molecule has 12 nitrogen and oxygen atoms in total. The number of carboxylic acid groups (broad SMARTS) is 1. The highest BCUT2D eigenvalue weighted by Crippen LogP contribution is 2.30. The largest absolute Gasteiger partial charge is 0.495 e. The van der Waals surface area contributed by atoms with Crippen molar-refractivity contribution in [3.63, 3.8) is 0 Å². The van der Waals surface area contributed by atoms with Gasteiger partial charge in [-0.2, -0.15) is 0 Å². The van der Waals surface area contributed by atoms with E-state index in [0.29, 0.717) is 0 Å². The van der Waals surface area contributed by atoms with Crippen LogP contribution in [-0.2, 0) is 14.8 Å². The number of nitrogens with two attached hydrogens (primary N) is 2. The van der Waals surface area contributed by atoms with Crippen LogP contribution in [0.4, 0.5) is 10.7 Å². The number of methoxy groups -OCH3 is 1. The molecule has 0 spiro atoms. The second-order valence-corrected chi connectivity index (χ2v) is 7.63. The van der Waals surface area contributed by atoms with Gasteiger partial charge in [-0.15, -0.1) is 11.3 Å². The number of guanidine groups is 1. The number of carbonyl (C=O) groups excluding carboxylic acids is 1. The number of sulfonamides is 1. The van der Waals surface area contributed by atoms with E-state index in [-0.39, 0.29) is 33.8 Å². The van der Waals surface area contributed by atoms with Gasteiger partial charge in [0.1, 0.15) is 17.3 Å². The average molecular weight is 428 g/mol. The van der Waals surface area contributed by atoms with E-state index in [2.05, 4.69) is 20.0 Å². The summed E-state index contributed by atoms with van der Waals surface area (Å²) in [4.78, 5) is 29.8. The molecule has 0 fully saturated rings. The number of hydrogen-bond donors (Lipinski definition) is 5. The molecule has 150 valence electrons. The van der Waals surface area contributed by atoms with Crippen LogP contribution in [-0.4, -0.2) is 50.0 Å². The molecule has 0 bridgehead atoms. The third-order valence-electron chi connectivity index (χ3n) is 3.16. The zero-order chi connectivity index (χ0) is 20.9. The first kappa shape index (κ1) is 20.9. The Morgan fingerprint density at radius 1 is 1.36 bits per heavy atom. The Morgan fingerprint density at radius 2 is 2.07 bits per heavy atom. The molecule has 0 saturated heterocycles. The first-order valence-electron chi connectivity index (χ1n) is 7.37. The number of aromatic carboxylic acids is 1. The van der Waals surface area contributed by atoms with Crippen LogP contribution in [0.15, 0.2) is 33.6 Å². The molecule has 0 unspecified atom stereocenters. The van der Waals surface area contributed by atoms with Gasteiger partial charge < -0.3 is 26.6 Å². The van der Waals surface area contributed by atoms with Crippen LogP contribution in [0.2, 0.25) is 0 Å². The maximum Gasteiger partial charge on any atom is 0.357 e. The van der Waals surface area contributed by atoms with Crippen LogP contribution in [0.1, 0.15) is 10.5 Å². The number of nitrogens with zero attached hydrogens (tertiary/aromatic N) is 2. The van der Waals surface area contributed by atoms with Gasteiger partial charge in [-0.25, -0.2) is 23.2 Å². The summed E-state index contributed by atoms with van der Waals surface area (Å²) in [7, 11) is -2.84. The lowest BCUT2D eigenvalue weighted by Gasteiger charge is -2.12. The number of hydrogen-bond acceptors (Lipinski definition) is 8. The average Bonchev–Trinajstić information content (AvgIpc) is 3.07. The molecule has 2 aromatic rings. The summed E-state index contributed by atoms with van der Waals surface area (Å²) in [5, 5.41) is 11.4. The van der Waals surface area contributed by atoms with Crippen LogP contribution >= 0.6 is 11.3 Å². The van der Waals surface area contributed by atoms with E-state index < -0.39 is 27.6 Å². The number of carbonyl (C=O) groups is 2. The third kappa shape index (κ3) is 5.08. The minimum atomic E-state index is -4.13. The molecule has 1 heterocycles. The van der Waals surface area contributed by atoms with Crippen molar-refractivity contribution in [1.29, 1.82) is 0 Å². The van der Waals surface area contributed by atoms with E-state index in [0.717, 1.165) is 11.3 Å². The Balaban J connectivity index is 2.26. The standard InChI is InChI=1S/C14H16N6O6S2/c1-26-9-4-7(2-3-8(9)19-10(21)5-17-14(15)16)28(24,25)20-12-11(13(22)23)18-6-27-12/h2-4,6,20H,5H2,1H3,(H,19,21)(H,22,23)(H4,15,16,17). The number of carboxylic acids is 1. The molecule has 14 heteroatoms. The van der Waals surface area contributed by atoms with Crippen molar-refractivity contribution < 1.29 is 27.9 Å². The van der Waals surface area contributed by atoms with Crippen LogP contribution in [0.25, 0.3) is 0 Å². The number of aromatic nitrogens is 1. The van der Waals surface area contributed by atoms with Crippen molar-refractivity contribution in [3.8, 4) is 5.75 Å². The molecular formula is C14H16N6O6S2. The Bertz CT molecular complexity index is 1030. The lowest BCUT2D eigenvalue weighted by Crippen LogP contribution is -2.25. The number of amides is 1. The SMILES string of the molecule is COc1cc(S(=O)(=O)Nc2scnc2C(=O)O)ccc1NC(=O)CN=C(N)N. The van der Waals surface area contributed by atoms with Gasteiger partial charge in [0.15, 0.2) is 11.7 Å². The van der Waals surface area contributed by atoms with Gasteiger partial charge in [0.2, 0.25) is 5.91 Å². The van der Waals surface area contributed by atoms with E-state index in [4.69, 9.17) is 21.3 Å². The number of nitrogens with one attached hydrogen (secondary N) is 2. The molecule has 1 aromatic heterocycles. The quantitative estimate of drug-likeness (QED) is 0.280. The molecule has 1 aromatic carbocycles. The van der Waals surface area contributed by atoms with E-state index in [9.17, 15) is 18.0 Å². The smallest absolute Gasteiger partial charge is 0.357 e. The number of benzene rings is 1. The summed E-state index contributed by atoms with van der Waals surface area (Å²) in [5.41, 5.74) is 11.3. The van der Waals surface area contributed by atoms with Gasteiger partial charge in [-0.05, 0) is 12.1 Å². The lowest BCUT2D eigenvalue weighted by molar-refractivity contribution is -0.114. The minimum absolute atomic E-state index is 0.0590. The molecule has 0 radical (unpaired) electrons. The van der Waals surface area contributed by atoms with Crippen molar-refractivity contribution in [1.82, 2.24) is 4.98 Å². The van der Waals surface area contributed by atoms with Crippen LogP contribution < -0.4 is 26.2 Å². The van der Waals surface area contributed by atoms with Crippen LogP contribution in [0.5, 0.6) is 5.75 Å². The third-order valence-corrected chi connectivity index (χ3v) is 5.38. The van der Waals surface area contributed by atoms with E-state index in [1.54, 1.807) is 0 Å². The summed E-state index contributed by atoms with van der Waals surface area (Å²) in [6, 6.07) is 3.69. The van der Waals surface area contributed by atoms with Gasteiger partial charge in [0.05, 0.1) is 23.2 Å². The van der Waals surface area contributed by atoms with E-state index in [1.165, 1.54) is 30.8 Å². The molecule has 0 aliphatic rings. The summed E-state index contributed by atoms with van der Waals surface area (Å²) in [6.45, 7) is -0.323. The van der Waals surface area contributed by atoms with Gasteiger partial charge in [0, 0.05) is 6.07 Å². The highest BCUT2D eigenvalue weighted by Gasteiger charge is 2.22. The first-order chi connectivity index (χ1) is 13.1. The molecule has 1 amide bonds. The van der Waals surface area contributed by atoms with E-state index >= 15 is 0 Å². The summed E-state index contributed by atoms with van der Waals surface area (Å²) in [5.74, 6) is -2.10. The fourth-order valence-electron chi connectivity index (χ4n) is 1.95. The summed E-state index contributed by atoms with van der Waals surface area (Å²) < 4.78 is 32.4. The first-order valence-corrected chi connectivity index (χ1v) is 9.73. The Morgan fingerprint density at radius 3 is 2.68 bits per heavy atom. The molecule has 0 aliphatic carbocycles. The predicted molar refractivity (Wildman–Crippen MR) is 102 cm³/mol. The van der Waals surface area contributed by atoms with Crippen molar-refractivity contribution >= 4 is 49.9 Å². The lowest BCUT2D eigenvalue weighted by atomic mass is 10.3.